The fourth-order valence-electron chi connectivity index (χ4n) is 1.91. The highest BCUT2D eigenvalue weighted by molar-refractivity contribution is 6.31. The van der Waals surface area contributed by atoms with Crippen molar-refractivity contribution in [3.05, 3.63) is 34.3 Å². The molecule has 1 aliphatic heterocycles. The minimum atomic E-state index is -0.0423. The molecular weight excluding hydrogens is 224 g/mol. The molecule has 1 aromatic rings. The first-order chi connectivity index (χ1) is 7.65. The third kappa shape index (κ3) is 2.74. The molecule has 0 aromatic heterocycles. The lowest BCUT2D eigenvalue weighted by Crippen LogP contribution is -2.36. The molecule has 1 aliphatic rings. The first-order valence-electron chi connectivity index (χ1n) is 5.44. The highest BCUT2D eigenvalue weighted by atomic mass is 35.5. The van der Waals surface area contributed by atoms with Crippen molar-refractivity contribution < 1.29 is 4.79 Å². The number of aryl methyl sites for hydroxylation is 1. The minimum Gasteiger partial charge on any atom is -0.348 e. The monoisotopic (exact) mass is 238 g/mol. The molecule has 1 atom stereocenters. The Morgan fingerprint density at radius 1 is 1.50 bits per heavy atom. The number of halogens is 1. The summed E-state index contributed by atoms with van der Waals surface area (Å²) in [7, 11) is 0. The van der Waals surface area contributed by atoms with Gasteiger partial charge in [-0.3, -0.25) is 4.79 Å². The third-order valence-electron chi connectivity index (χ3n) is 2.70. The maximum atomic E-state index is 11.9. The van der Waals surface area contributed by atoms with Crippen molar-refractivity contribution >= 4 is 17.5 Å². The van der Waals surface area contributed by atoms with Crippen LogP contribution in [0.3, 0.4) is 0 Å². The van der Waals surface area contributed by atoms with Crippen LogP contribution in [0.1, 0.15) is 22.3 Å². The largest absolute Gasteiger partial charge is 0.348 e. The van der Waals surface area contributed by atoms with Gasteiger partial charge in [0.05, 0.1) is 0 Å². The van der Waals surface area contributed by atoms with Crippen molar-refractivity contribution in [1.82, 2.24) is 10.6 Å². The lowest BCUT2D eigenvalue weighted by molar-refractivity contribution is 0.0940. The van der Waals surface area contributed by atoms with E-state index in [0.29, 0.717) is 10.6 Å². The number of nitrogens with one attached hydrogen (secondary N) is 2. The molecule has 16 heavy (non-hydrogen) atoms. The maximum Gasteiger partial charge on any atom is 0.251 e. The van der Waals surface area contributed by atoms with E-state index < -0.39 is 0 Å². The van der Waals surface area contributed by atoms with Gasteiger partial charge >= 0.3 is 0 Å². The van der Waals surface area contributed by atoms with E-state index in [4.69, 9.17) is 11.6 Å². The van der Waals surface area contributed by atoms with Crippen LogP contribution in [-0.4, -0.2) is 25.0 Å². The third-order valence-corrected chi connectivity index (χ3v) is 2.92. The molecule has 0 bridgehead atoms. The molecule has 0 saturated carbocycles. The van der Waals surface area contributed by atoms with Crippen molar-refractivity contribution in [2.24, 2.45) is 0 Å². The Labute approximate surface area is 100 Å². The molecule has 0 unspecified atom stereocenters. The Balaban J connectivity index is 2.07. The van der Waals surface area contributed by atoms with Crippen LogP contribution in [0.2, 0.25) is 5.02 Å². The van der Waals surface area contributed by atoms with Gasteiger partial charge in [-0.25, -0.2) is 0 Å². The molecule has 1 aromatic carbocycles. The molecular formula is C12H15ClN2O. The van der Waals surface area contributed by atoms with Crippen LogP contribution in [0.25, 0.3) is 0 Å². The van der Waals surface area contributed by atoms with E-state index in [1.165, 1.54) is 0 Å². The second kappa shape index (κ2) is 4.85. The first-order valence-corrected chi connectivity index (χ1v) is 5.82. The Hall–Kier alpha value is -1.06. The lowest BCUT2D eigenvalue weighted by atomic mass is 10.1. The average molecular weight is 239 g/mol. The highest BCUT2D eigenvalue weighted by Crippen LogP contribution is 2.14. The number of amides is 1. The van der Waals surface area contributed by atoms with Gasteiger partial charge in [-0.15, -0.1) is 0 Å². The fourth-order valence-corrected chi connectivity index (χ4v) is 2.20. The van der Waals surface area contributed by atoms with E-state index in [9.17, 15) is 4.79 Å². The lowest BCUT2D eigenvalue weighted by Gasteiger charge is -2.11. The Morgan fingerprint density at radius 3 is 2.94 bits per heavy atom. The van der Waals surface area contributed by atoms with Crippen molar-refractivity contribution in [3.63, 3.8) is 0 Å². The summed E-state index contributed by atoms with van der Waals surface area (Å²) in [6.45, 7) is 3.75. The Morgan fingerprint density at radius 2 is 2.31 bits per heavy atom. The van der Waals surface area contributed by atoms with Gasteiger partial charge in [0.2, 0.25) is 0 Å². The zero-order valence-corrected chi connectivity index (χ0v) is 9.97. The molecule has 1 heterocycles. The predicted octanol–water partition coefficient (Wildman–Crippen LogP) is 1.74. The van der Waals surface area contributed by atoms with Gasteiger partial charge in [-0.1, -0.05) is 11.6 Å². The van der Waals surface area contributed by atoms with E-state index in [1.807, 2.05) is 19.1 Å². The summed E-state index contributed by atoms with van der Waals surface area (Å²) < 4.78 is 0. The molecule has 4 heteroatoms. The van der Waals surface area contributed by atoms with Gasteiger partial charge in [0, 0.05) is 23.2 Å². The predicted molar refractivity (Wildman–Crippen MR) is 64.9 cm³/mol. The summed E-state index contributed by atoms with van der Waals surface area (Å²) in [5.41, 5.74) is 1.64. The zero-order valence-electron chi connectivity index (χ0n) is 9.22. The van der Waals surface area contributed by atoms with E-state index in [2.05, 4.69) is 10.6 Å². The summed E-state index contributed by atoms with van der Waals surface area (Å²) in [4.78, 5) is 11.9. The van der Waals surface area contributed by atoms with Crippen molar-refractivity contribution in [2.75, 3.05) is 13.1 Å². The van der Waals surface area contributed by atoms with Gasteiger partial charge in [-0.05, 0) is 43.7 Å². The van der Waals surface area contributed by atoms with Crippen molar-refractivity contribution in [2.45, 2.75) is 19.4 Å². The number of hydrogen-bond donors (Lipinski definition) is 2. The molecule has 0 radical (unpaired) electrons. The van der Waals surface area contributed by atoms with Crippen LogP contribution in [0.4, 0.5) is 0 Å². The molecule has 1 fully saturated rings. The summed E-state index contributed by atoms with van der Waals surface area (Å²) >= 11 is 5.92. The highest BCUT2D eigenvalue weighted by Gasteiger charge is 2.17. The normalized spacial score (nSPS) is 19.8. The molecule has 0 spiro atoms. The molecule has 0 aliphatic carbocycles. The topological polar surface area (TPSA) is 41.1 Å². The average Bonchev–Trinajstić information content (AvgIpc) is 2.68. The van der Waals surface area contributed by atoms with Gasteiger partial charge in [-0.2, -0.15) is 0 Å². The van der Waals surface area contributed by atoms with Crippen LogP contribution in [0.15, 0.2) is 18.2 Å². The molecule has 2 N–H and O–H groups in total. The number of rotatable bonds is 2. The summed E-state index contributed by atoms with van der Waals surface area (Å²) in [6.07, 6.45) is 0.991. The first kappa shape index (κ1) is 11.4. The van der Waals surface area contributed by atoms with E-state index in [0.717, 1.165) is 25.1 Å². The maximum absolute atomic E-state index is 11.9. The van der Waals surface area contributed by atoms with Gasteiger partial charge in [0.1, 0.15) is 0 Å². The smallest absolute Gasteiger partial charge is 0.251 e. The van der Waals surface area contributed by atoms with Crippen molar-refractivity contribution in [1.29, 1.82) is 0 Å². The molecule has 86 valence electrons. The summed E-state index contributed by atoms with van der Waals surface area (Å²) in [5, 5.41) is 6.81. The van der Waals surface area contributed by atoms with Crippen molar-refractivity contribution in [3.8, 4) is 0 Å². The molecule has 3 nitrogen and oxygen atoms in total. The Bertz CT molecular complexity index is 380. The zero-order chi connectivity index (χ0) is 11.5. The standard InChI is InChI=1S/C12H15ClN2O/c1-8-4-9(6-10(13)5-8)12(16)15-11-2-3-14-7-11/h4-6,11,14H,2-3,7H2,1H3,(H,15,16)/t11-/m0/s1. The second-order valence-corrected chi connectivity index (χ2v) is 4.62. The number of carbonyl (C=O) groups is 1. The Kier molecular flexibility index (Phi) is 3.46. The van der Waals surface area contributed by atoms with Gasteiger partial charge in [0.15, 0.2) is 0 Å². The summed E-state index contributed by atoms with van der Waals surface area (Å²) in [5.74, 6) is -0.0423. The molecule has 1 amide bonds. The quantitative estimate of drug-likeness (QED) is 0.824. The molecule has 2 rings (SSSR count). The van der Waals surface area contributed by atoms with E-state index in [-0.39, 0.29) is 11.9 Å². The SMILES string of the molecule is Cc1cc(Cl)cc(C(=O)N[C@H]2CCNC2)c1. The summed E-state index contributed by atoms with van der Waals surface area (Å²) in [6, 6.07) is 5.64. The van der Waals surface area contributed by atoms with E-state index in [1.54, 1.807) is 6.07 Å². The van der Waals surface area contributed by atoms with Crippen LogP contribution in [0, 0.1) is 6.92 Å². The van der Waals surface area contributed by atoms with Crippen LogP contribution >= 0.6 is 11.6 Å². The second-order valence-electron chi connectivity index (χ2n) is 4.18. The molecule has 1 saturated heterocycles. The van der Waals surface area contributed by atoms with Crippen LogP contribution in [0.5, 0.6) is 0 Å². The minimum absolute atomic E-state index is 0.0423. The fraction of sp³-hybridized carbons (Fsp3) is 0.417. The van der Waals surface area contributed by atoms with Gasteiger partial charge in [0.25, 0.3) is 5.91 Å². The van der Waals surface area contributed by atoms with Crippen LogP contribution < -0.4 is 10.6 Å². The van der Waals surface area contributed by atoms with E-state index >= 15 is 0 Å². The number of hydrogen-bond acceptors (Lipinski definition) is 2. The van der Waals surface area contributed by atoms with Crippen LogP contribution in [-0.2, 0) is 0 Å². The number of benzene rings is 1. The van der Waals surface area contributed by atoms with Gasteiger partial charge < -0.3 is 10.6 Å². The number of carbonyl (C=O) groups excluding carboxylic acids is 1.